The van der Waals surface area contributed by atoms with E-state index in [0.29, 0.717) is 18.7 Å². The van der Waals surface area contributed by atoms with Gasteiger partial charge in [-0.25, -0.2) is 4.39 Å². The van der Waals surface area contributed by atoms with Gasteiger partial charge in [-0.2, -0.15) is 0 Å². The molecular formula is C30H31FN2O2. The maximum Gasteiger partial charge on any atom is 0.199 e. The number of halogens is 1. The van der Waals surface area contributed by atoms with Gasteiger partial charge in [-0.1, -0.05) is 72.6 Å². The highest BCUT2D eigenvalue weighted by atomic mass is 19.1. The van der Waals surface area contributed by atoms with E-state index in [1.807, 2.05) is 36.9 Å². The largest absolute Gasteiger partial charge is 0.297 e. The van der Waals surface area contributed by atoms with E-state index in [1.165, 1.54) is 23.3 Å². The van der Waals surface area contributed by atoms with Crippen molar-refractivity contribution in [3.8, 4) is 0 Å². The lowest BCUT2D eigenvalue weighted by atomic mass is 9.81. The van der Waals surface area contributed by atoms with Gasteiger partial charge in [-0.05, 0) is 43.0 Å². The van der Waals surface area contributed by atoms with Gasteiger partial charge in [0.05, 0.1) is 5.56 Å². The summed E-state index contributed by atoms with van der Waals surface area (Å²) in [6.07, 6.45) is 0.985. The Balaban J connectivity index is 1.51. The minimum absolute atomic E-state index is 0.0732. The Labute approximate surface area is 206 Å². The van der Waals surface area contributed by atoms with Crippen molar-refractivity contribution >= 4 is 11.6 Å². The molecule has 1 fully saturated rings. The number of piperazine rings is 1. The number of hydrogen-bond acceptors (Lipinski definition) is 4. The topological polar surface area (TPSA) is 40.6 Å². The van der Waals surface area contributed by atoms with Crippen molar-refractivity contribution in [1.29, 1.82) is 0 Å². The molecular weight excluding hydrogens is 439 g/mol. The second-order valence-electron chi connectivity index (χ2n) is 9.79. The standard InChI is InChI=1S/C30H31FN2O2/c1-4-22-8-5-6-9-23(22)19-32-12-14-33(15-13-32)30(24-17-20(2)16-21(3)18-24)28(34)25-10-7-11-26(31)27(25)29(30)35/h5-11,16-18H,4,12-15,19H2,1-3H3. The minimum atomic E-state index is -1.52. The second kappa shape index (κ2) is 9.14. The van der Waals surface area contributed by atoms with E-state index < -0.39 is 17.1 Å². The minimum Gasteiger partial charge on any atom is -0.297 e. The van der Waals surface area contributed by atoms with E-state index in [4.69, 9.17) is 0 Å². The first-order chi connectivity index (χ1) is 16.9. The molecule has 0 radical (unpaired) electrons. The molecule has 3 aromatic carbocycles. The highest BCUT2D eigenvalue weighted by molar-refractivity contribution is 6.33. The van der Waals surface area contributed by atoms with Crippen LogP contribution in [0.4, 0.5) is 4.39 Å². The van der Waals surface area contributed by atoms with Gasteiger partial charge in [-0.3, -0.25) is 19.4 Å². The fourth-order valence-electron chi connectivity index (χ4n) is 5.88. The predicted molar refractivity (Wildman–Crippen MR) is 135 cm³/mol. The summed E-state index contributed by atoms with van der Waals surface area (Å²) in [7, 11) is 0. The summed E-state index contributed by atoms with van der Waals surface area (Å²) in [6.45, 7) is 9.48. The van der Waals surface area contributed by atoms with Crippen molar-refractivity contribution in [1.82, 2.24) is 9.80 Å². The molecule has 1 heterocycles. The zero-order valence-corrected chi connectivity index (χ0v) is 20.6. The van der Waals surface area contributed by atoms with Crippen LogP contribution in [0, 0.1) is 19.7 Å². The smallest absolute Gasteiger partial charge is 0.199 e. The molecule has 1 atom stereocenters. The van der Waals surface area contributed by atoms with E-state index in [-0.39, 0.29) is 16.9 Å². The van der Waals surface area contributed by atoms with Crippen molar-refractivity contribution in [2.75, 3.05) is 26.2 Å². The maximum absolute atomic E-state index is 14.9. The summed E-state index contributed by atoms with van der Waals surface area (Å²) in [6, 6.07) is 18.7. The quantitative estimate of drug-likeness (QED) is 0.487. The zero-order chi connectivity index (χ0) is 24.7. The second-order valence-corrected chi connectivity index (χ2v) is 9.79. The molecule has 1 aliphatic heterocycles. The van der Waals surface area contributed by atoms with E-state index in [9.17, 15) is 14.0 Å². The third-order valence-electron chi connectivity index (χ3n) is 7.52. The normalized spacial score (nSPS) is 20.9. The molecule has 0 amide bonds. The lowest BCUT2D eigenvalue weighted by Gasteiger charge is -2.44. The maximum atomic E-state index is 14.9. The van der Waals surface area contributed by atoms with Gasteiger partial charge in [0.25, 0.3) is 0 Å². The SMILES string of the molecule is CCc1ccccc1CN1CCN(C2(c3cc(C)cc(C)c3)C(=O)c3cccc(F)c3C2=O)CC1. The van der Waals surface area contributed by atoms with Gasteiger partial charge in [0.15, 0.2) is 17.1 Å². The Kier molecular flexibility index (Phi) is 6.16. The first-order valence-electron chi connectivity index (χ1n) is 12.4. The molecule has 3 aromatic rings. The summed E-state index contributed by atoms with van der Waals surface area (Å²) in [5.74, 6) is -1.38. The number of fused-ring (bicyclic) bond motifs is 1. The van der Waals surface area contributed by atoms with Gasteiger partial charge >= 0.3 is 0 Å². The molecule has 180 valence electrons. The number of benzene rings is 3. The van der Waals surface area contributed by atoms with Crippen molar-refractivity contribution in [2.24, 2.45) is 0 Å². The van der Waals surface area contributed by atoms with Crippen LogP contribution in [-0.2, 0) is 18.5 Å². The first kappa shape index (κ1) is 23.6. The highest BCUT2D eigenvalue weighted by Gasteiger charge is 2.59. The highest BCUT2D eigenvalue weighted by Crippen LogP contribution is 2.44. The Bertz CT molecular complexity index is 1290. The summed E-state index contributed by atoms with van der Waals surface area (Å²) in [5.41, 5.74) is 3.85. The number of nitrogens with zero attached hydrogens (tertiary/aromatic N) is 2. The zero-order valence-electron chi connectivity index (χ0n) is 20.6. The number of carbonyl (C=O) groups excluding carboxylic acids is 2. The molecule has 0 bridgehead atoms. The van der Waals surface area contributed by atoms with E-state index in [1.54, 1.807) is 6.07 Å². The van der Waals surface area contributed by atoms with Crippen LogP contribution in [0.3, 0.4) is 0 Å². The van der Waals surface area contributed by atoms with Gasteiger partial charge in [0.2, 0.25) is 0 Å². The van der Waals surface area contributed by atoms with Crippen LogP contribution in [0.2, 0.25) is 0 Å². The fraction of sp³-hybridized carbons (Fsp3) is 0.333. The van der Waals surface area contributed by atoms with Crippen LogP contribution in [0.15, 0.2) is 60.7 Å². The molecule has 4 nitrogen and oxygen atoms in total. The van der Waals surface area contributed by atoms with E-state index in [0.717, 1.165) is 37.2 Å². The van der Waals surface area contributed by atoms with Crippen LogP contribution >= 0.6 is 0 Å². The molecule has 2 aliphatic rings. The Morgan fingerprint density at radius 1 is 0.829 bits per heavy atom. The fourth-order valence-corrected chi connectivity index (χ4v) is 5.88. The van der Waals surface area contributed by atoms with Gasteiger partial charge < -0.3 is 0 Å². The monoisotopic (exact) mass is 470 g/mol. The van der Waals surface area contributed by atoms with E-state index >= 15 is 0 Å². The van der Waals surface area contributed by atoms with Crippen LogP contribution in [-0.4, -0.2) is 47.5 Å². The molecule has 0 saturated carbocycles. The van der Waals surface area contributed by atoms with Crippen LogP contribution in [0.25, 0.3) is 0 Å². The number of carbonyl (C=O) groups is 2. The lowest BCUT2D eigenvalue weighted by Crippen LogP contribution is -2.60. The summed E-state index contributed by atoms with van der Waals surface area (Å²) >= 11 is 0. The molecule has 1 aliphatic carbocycles. The Morgan fingerprint density at radius 2 is 1.49 bits per heavy atom. The average Bonchev–Trinajstić information content (AvgIpc) is 3.07. The molecule has 35 heavy (non-hydrogen) atoms. The number of rotatable bonds is 5. The van der Waals surface area contributed by atoms with Gasteiger partial charge in [0, 0.05) is 38.3 Å². The average molecular weight is 471 g/mol. The molecule has 0 N–H and O–H groups in total. The molecule has 1 unspecified atom stereocenters. The summed E-state index contributed by atoms with van der Waals surface area (Å²) in [5, 5.41) is 0. The van der Waals surface area contributed by atoms with Crippen molar-refractivity contribution in [3.63, 3.8) is 0 Å². The number of ketones is 2. The van der Waals surface area contributed by atoms with Gasteiger partial charge in [-0.15, -0.1) is 0 Å². The molecule has 0 aromatic heterocycles. The summed E-state index contributed by atoms with van der Waals surface area (Å²) < 4.78 is 14.9. The first-order valence-corrected chi connectivity index (χ1v) is 12.4. The van der Waals surface area contributed by atoms with Crippen molar-refractivity contribution < 1.29 is 14.0 Å². The Hall–Kier alpha value is -3.15. The lowest BCUT2D eigenvalue weighted by molar-refractivity contribution is 0.0277. The number of aryl methyl sites for hydroxylation is 3. The van der Waals surface area contributed by atoms with E-state index in [2.05, 4.69) is 36.1 Å². The molecule has 5 heteroatoms. The van der Waals surface area contributed by atoms with Crippen molar-refractivity contribution in [2.45, 2.75) is 39.3 Å². The van der Waals surface area contributed by atoms with Gasteiger partial charge in [0.1, 0.15) is 5.82 Å². The van der Waals surface area contributed by atoms with Crippen molar-refractivity contribution in [3.05, 3.63) is 105 Å². The molecule has 1 saturated heterocycles. The molecule has 0 spiro atoms. The summed E-state index contributed by atoms with van der Waals surface area (Å²) in [4.78, 5) is 32.4. The number of Topliss-reactive ketones (excluding diaryl/α,β-unsaturated/α-hetero) is 2. The van der Waals surface area contributed by atoms with Crippen LogP contribution < -0.4 is 0 Å². The Morgan fingerprint density at radius 3 is 2.11 bits per heavy atom. The number of hydrogen-bond donors (Lipinski definition) is 0. The van der Waals surface area contributed by atoms with Crippen LogP contribution in [0.1, 0.15) is 55.5 Å². The third kappa shape index (κ3) is 3.83. The third-order valence-corrected chi connectivity index (χ3v) is 7.52. The predicted octanol–water partition coefficient (Wildman–Crippen LogP) is 5.10. The van der Waals surface area contributed by atoms with Crippen LogP contribution in [0.5, 0.6) is 0 Å². The molecule has 5 rings (SSSR count).